The molecule has 0 radical (unpaired) electrons. The summed E-state index contributed by atoms with van der Waals surface area (Å²) >= 11 is 0. The second-order valence-electron chi connectivity index (χ2n) is 9.25. The fourth-order valence-electron chi connectivity index (χ4n) is 4.42. The Kier molecular flexibility index (Phi) is 6.60. The zero-order valence-corrected chi connectivity index (χ0v) is 18.9. The summed E-state index contributed by atoms with van der Waals surface area (Å²) in [6, 6.07) is 6.78. The van der Waals surface area contributed by atoms with Crippen molar-refractivity contribution < 1.29 is 14.3 Å². The van der Waals surface area contributed by atoms with Gasteiger partial charge in [0.25, 0.3) is 5.91 Å². The topological polar surface area (TPSA) is 81.6 Å². The van der Waals surface area contributed by atoms with E-state index in [4.69, 9.17) is 0 Å². The summed E-state index contributed by atoms with van der Waals surface area (Å²) in [7, 11) is 0. The minimum Gasteiger partial charge on any atom is -0.386 e. The molecule has 2 heterocycles. The molecule has 0 unspecified atom stereocenters. The lowest BCUT2D eigenvalue weighted by Crippen LogP contribution is -2.47. The van der Waals surface area contributed by atoms with Crippen LogP contribution < -0.4 is 15.1 Å². The van der Waals surface area contributed by atoms with Crippen LogP contribution in [0.4, 0.5) is 16.0 Å². The third kappa shape index (κ3) is 5.18. The highest BCUT2D eigenvalue weighted by Crippen LogP contribution is 2.27. The van der Waals surface area contributed by atoms with Crippen molar-refractivity contribution in [3.05, 3.63) is 47.5 Å². The minimum atomic E-state index is -1.08. The van der Waals surface area contributed by atoms with E-state index >= 15 is 0 Å². The molecule has 1 aliphatic carbocycles. The van der Waals surface area contributed by atoms with Crippen molar-refractivity contribution in [2.75, 3.05) is 36.0 Å². The SMILES string of the molecule is CC(C)(O)c1ccc(N2CCN(c3nccc(C(=O)NC4CCCCC4)n3)CC2)c(F)c1. The predicted octanol–water partition coefficient (Wildman–Crippen LogP) is 3.23. The summed E-state index contributed by atoms with van der Waals surface area (Å²) < 4.78 is 14.7. The van der Waals surface area contributed by atoms with E-state index in [9.17, 15) is 14.3 Å². The number of halogens is 1. The van der Waals surface area contributed by atoms with Gasteiger partial charge < -0.3 is 20.2 Å². The van der Waals surface area contributed by atoms with E-state index in [1.54, 1.807) is 38.2 Å². The number of nitrogens with one attached hydrogen (secondary N) is 1. The summed E-state index contributed by atoms with van der Waals surface area (Å²) in [5.74, 6) is 0.0441. The molecule has 7 nitrogen and oxygen atoms in total. The number of aromatic nitrogens is 2. The van der Waals surface area contributed by atoms with E-state index in [0.29, 0.717) is 49.1 Å². The molecule has 1 amide bonds. The largest absolute Gasteiger partial charge is 0.386 e. The highest BCUT2D eigenvalue weighted by molar-refractivity contribution is 5.92. The Morgan fingerprint density at radius 3 is 2.44 bits per heavy atom. The molecule has 0 bridgehead atoms. The van der Waals surface area contributed by atoms with Crippen molar-refractivity contribution in [3.8, 4) is 0 Å². The molecule has 8 heteroatoms. The van der Waals surface area contributed by atoms with Crippen molar-refractivity contribution in [2.24, 2.45) is 0 Å². The van der Waals surface area contributed by atoms with Crippen LogP contribution in [0.15, 0.2) is 30.5 Å². The maximum atomic E-state index is 14.7. The second kappa shape index (κ2) is 9.40. The molecule has 0 atom stereocenters. The molecular weight excluding hydrogens is 409 g/mol. The summed E-state index contributed by atoms with van der Waals surface area (Å²) in [6.07, 6.45) is 7.23. The number of carbonyl (C=O) groups is 1. The van der Waals surface area contributed by atoms with E-state index < -0.39 is 5.60 Å². The van der Waals surface area contributed by atoms with Gasteiger partial charge in [-0.15, -0.1) is 0 Å². The van der Waals surface area contributed by atoms with Gasteiger partial charge in [-0.2, -0.15) is 0 Å². The molecule has 1 saturated heterocycles. The number of carbonyl (C=O) groups excluding carboxylic acids is 1. The molecule has 1 aliphatic heterocycles. The highest BCUT2D eigenvalue weighted by atomic mass is 19.1. The Labute approximate surface area is 188 Å². The Morgan fingerprint density at radius 1 is 1.09 bits per heavy atom. The van der Waals surface area contributed by atoms with E-state index in [0.717, 1.165) is 25.7 Å². The number of nitrogens with zero attached hydrogens (tertiary/aromatic N) is 4. The standard InChI is InChI=1S/C24H32FN5O2/c1-24(2,32)17-8-9-21(19(25)16-17)29-12-14-30(15-13-29)23-26-11-10-20(28-23)22(31)27-18-6-4-3-5-7-18/h8-11,16,18,32H,3-7,12-15H2,1-2H3,(H,27,31). The van der Waals surface area contributed by atoms with Gasteiger partial charge in [-0.05, 0) is 50.5 Å². The van der Waals surface area contributed by atoms with Crippen molar-refractivity contribution >= 4 is 17.5 Å². The lowest BCUT2D eigenvalue weighted by molar-refractivity contribution is 0.0782. The lowest BCUT2D eigenvalue weighted by Gasteiger charge is -2.36. The summed E-state index contributed by atoms with van der Waals surface area (Å²) in [6.45, 7) is 5.76. The number of benzene rings is 1. The van der Waals surface area contributed by atoms with E-state index in [-0.39, 0.29) is 17.8 Å². The van der Waals surface area contributed by atoms with Crippen LogP contribution >= 0.6 is 0 Å². The molecule has 172 valence electrons. The van der Waals surface area contributed by atoms with Crippen molar-refractivity contribution in [3.63, 3.8) is 0 Å². The summed E-state index contributed by atoms with van der Waals surface area (Å²) in [5, 5.41) is 13.2. The maximum absolute atomic E-state index is 14.7. The van der Waals surface area contributed by atoms with Crippen LogP contribution in [0.5, 0.6) is 0 Å². The smallest absolute Gasteiger partial charge is 0.270 e. The average molecular weight is 442 g/mol. The zero-order valence-electron chi connectivity index (χ0n) is 18.9. The first-order valence-electron chi connectivity index (χ1n) is 11.5. The molecule has 32 heavy (non-hydrogen) atoms. The van der Waals surface area contributed by atoms with Gasteiger partial charge in [0.05, 0.1) is 11.3 Å². The first kappa shape index (κ1) is 22.5. The van der Waals surface area contributed by atoms with Gasteiger partial charge in [0.2, 0.25) is 5.95 Å². The maximum Gasteiger partial charge on any atom is 0.270 e. The fourth-order valence-corrected chi connectivity index (χ4v) is 4.42. The van der Waals surface area contributed by atoms with Gasteiger partial charge >= 0.3 is 0 Å². The Bertz CT molecular complexity index is 948. The molecule has 2 aromatic rings. The minimum absolute atomic E-state index is 0.145. The third-order valence-electron chi connectivity index (χ3n) is 6.37. The van der Waals surface area contributed by atoms with E-state index in [2.05, 4.69) is 15.3 Å². The number of amides is 1. The number of anilines is 2. The molecule has 2 N–H and O–H groups in total. The predicted molar refractivity (Wildman–Crippen MR) is 122 cm³/mol. The normalized spacial score (nSPS) is 18.0. The molecule has 1 aromatic carbocycles. The van der Waals surface area contributed by atoms with Crippen LogP contribution in [0.25, 0.3) is 0 Å². The quantitative estimate of drug-likeness (QED) is 0.742. The Morgan fingerprint density at radius 2 is 1.78 bits per heavy atom. The van der Waals surface area contributed by atoms with E-state index in [1.807, 2.05) is 9.80 Å². The van der Waals surface area contributed by atoms with Gasteiger partial charge in [0, 0.05) is 38.4 Å². The summed E-state index contributed by atoms with van der Waals surface area (Å²) in [4.78, 5) is 25.5. The zero-order chi connectivity index (χ0) is 22.7. The van der Waals surface area contributed by atoms with Gasteiger partial charge in [0.15, 0.2) is 0 Å². The van der Waals surface area contributed by atoms with E-state index in [1.165, 1.54) is 12.5 Å². The van der Waals surface area contributed by atoms with Crippen molar-refractivity contribution in [1.82, 2.24) is 15.3 Å². The molecule has 1 aromatic heterocycles. The van der Waals surface area contributed by atoms with Crippen LogP contribution in [-0.2, 0) is 5.60 Å². The van der Waals surface area contributed by atoms with Gasteiger partial charge in [-0.1, -0.05) is 25.3 Å². The van der Waals surface area contributed by atoms with Crippen LogP contribution in [-0.4, -0.2) is 53.2 Å². The molecule has 0 spiro atoms. The Hall–Kier alpha value is -2.74. The molecule has 2 fully saturated rings. The number of piperazine rings is 1. The summed E-state index contributed by atoms with van der Waals surface area (Å²) in [5.41, 5.74) is 0.383. The average Bonchev–Trinajstić information content (AvgIpc) is 2.79. The monoisotopic (exact) mass is 441 g/mol. The lowest BCUT2D eigenvalue weighted by atomic mass is 9.95. The first-order chi connectivity index (χ1) is 15.3. The number of aliphatic hydroxyl groups is 1. The number of hydrogen-bond acceptors (Lipinski definition) is 6. The molecule has 2 aliphatic rings. The van der Waals surface area contributed by atoms with Crippen molar-refractivity contribution in [2.45, 2.75) is 57.6 Å². The van der Waals surface area contributed by atoms with Crippen molar-refractivity contribution in [1.29, 1.82) is 0 Å². The van der Waals surface area contributed by atoms with Crippen LogP contribution in [0, 0.1) is 5.82 Å². The molecular formula is C24H32FN5O2. The van der Waals surface area contributed by atoms with Gasteiger partial charge in [-0.3, -0.25) is 4.79 Å². The number of hydrogen-bond donors (Lipinski definition) is 2. The highest BCUT2D eigenvalue weighted by Gasteiger charge is 2.24. The van der Waals surface area contributed by atoms with Crippen LogP contribution in [0.3, 0.4) is 0 Å². The van der Waals surface area contributed by atoms with Gasteiger partial charge in [0.1, 0.15) is 11.5 Å². The van der Waals surface area contributed by atoms with Crippen LogP contribution in [0.2, 0.25) is 0 Å². The first-order valence-corrected chi connectivity index (χ1v) is 11.5. The third-order valence-corrected chi connectivity index (χ3v) is 6.37. The molecule has 4 rings (SSSR count). The second-order valence-corrected chi connectivity index (χ2v) is 9.25. The molecule has 1 saturated carbocycles. The van der Waals surface area contributed by atoms with Crippen LogP contribution in [0.1, 0.15) is 62.0 Å². The number of rotatable bonds is 5. The van der Waals surface area contributed by atoms with Gasteiger partial charge in [-0.25, -0.2) is 14.4 Å². The Balaban J connectivity index is 1.38. The fraction of sp³-hybridized carbons (Fsp3) is 0.542.